The van der Waals surface area contributed by atoms with Gasteiger partial charge in [-0.05, 0) is 42.3 Å². The molecule has 0 spiro atoms. The van der Waals surface area contributed by atoms with E-state index in [9.17, 15) is 4.79 Å². The van der Waals surface area contributed by atoms with Crippen LogP contribution in [-0.2, 0) is 0 Å². The van der Waals surface area contributed by atoms with Crippen LogP contribution in [0.25, 0.3) is 0 Å². The first-order chi connectivity index (χ1) is 9.74. The maximum absolute atomic E-state index is 12.2. The van der Waals surface area contributed by atoms with Gasteiger partial charge in [-0.1, -0.05) is 13.0 Å². The molecule has 1 aromatic carbocycles. The van der Waals surface area contributed by atoms with Crippen molar-refractivity contribution in [1.29, 1.82) is 5.26 Å². The summed E-state index contributed by atoms with van der Waals surface area (Å²) in [5, 5.41) is 11.7. The summed E-state index contributed by atoms with van der Waals surface area (Å²) in [5.74, 6) is -0.148. The Labute approximate surface area is 118 Å². The van der Waals surface area contributed by atoms with Crippen molar-refractivity contribution in [2.75, 3.05) is 0 Å². The highest BCUT2D eigenvalue weighted by atomic mass is 16.1. The third kappa shape index (κ3) is 3.21. The number of nitrogens with zero attached hydrogens (tertiary/aromatic N) is 2. The van der Waals surface area contributed by atoms with E-state index in [0.717, 1.165) is 12.0 Å². The summed E-state index contributed by atoms with van der Waals surface area (Å²) in [7, 11) is 0. The van der Waals surface area contributed by atoms with Crippen LogP contribution in [0.5, 0.6) is 0 Å². The molecule has 0 aliphatic rings. The minimum absolute atomic E-state index is 0.0631. The monoisotopic (exact) mass is 265 g/mol. The van der Waals surface area contributed by atoms with Crippen molar-refractivity contribution in [1.82, 2.24) is 10.3 Å². The van der Waals surface area contributed by atoms with Gasteiger partial charge in [0.1, 0.15) is 0 Å². The summed E-state index contributed by atoms with van der Waals surface area (Å²) in [6, 6.07) is 12.4. The second-order valence-corrected chi connectivity index (χ2v) is 4.41. The Bertz CT molecular complexity index is 614. The fraction of sp³-hybridized carbons (Fsp3) is 0.188. The Kier molecular flexibility index (Phi) is 4.46. The van der Waals surface area contributed by atoms with Crippen LogP contribution in [0.15, 0.2) is 48.8 Å². The molecule has 4 heteroatoms. The van der Waals surface area contributed by atoms with E-state index in [0.29, 0.717) is 11.1 Å². The van der Waals surface area contributed by atoms with Crippen molar-refractivity contribution in [3.05, 3.63) is 65.5 Å². The van der Waals surface area contributed by atoms with E-state index in [1.807, 2.05) is 25.1 Å². The number of pyridine rings is 1. The van der Waals surface area contributed by atoms with Gasteiger partial charge in [0.05, 0.1) is 17.7 Å². The zero-order valence-corrected chi connectivity index (χ0v) is 11.2. The molecular formula is C16H15N3O. The average Bonchev–Trinajstić information content (AvgIpc) is 2.53. The van der Waals surface area contributed by atoms with Crippen molar-refractivity contribution >= 4 is 5.91 Å². The average molecular weight is 265 g/mol. The zero-order chi connectivity index (χ0) is 14.4. The molecule has 0 fully saturated rings. The Hall–Kier alpha value is -2.67. The van der Waals surface area contributed by atoms with Gasteiger partial charge in [0.15, 0.2) is 0 Å². The molecule has 1 unspecified atom stereocenters. The molecule has 4 nitrogen and oxygen atoms in total. The first kappa shape index (κ1) is 13.8. The van der Waals surface area contributed by atoms with Crippen molar-refractivity contribution < 1.29 is 4.79 Å². The molecule has 1 aromatic heterocycles. The molecule has 0 saturated carbocycles. The number of amides is 1. The summed E-state index contributed by atoms with van der Waals surface area (Å²) in [5.41, 5.74) is 2.07. The summed E-state index contributed by atoms with van der Waals surface area (Å²) in [4.78, 5) is 16.2. The third-order valence-electron chi connectivity index (χ3n) is 3.08. The molecule has 2 rings (SSSR count). The molecule has 100 valence electrons. The molecule has 0 aliphatic carbocycles. The molecule has 1 atom stereocenters. The molecule has 2 aromatic rings. The zero-order valence-electron chi connectivity index (χ0n) is 11.2. The fourth-order valence-electron chi connectivity index (χ4n) is 1.94. The predicted molar refractivity (Wildman–Crippen MR) is 75.9 cm³/mol. The topological polar surface area (TPSA) is 65.8 Å². The Morgan fingerprint density at radius 3 is 2.65 bits per heavy atom. The lowest BCUT2D eigenvalue weighted by atomic mass is 10.1. The molecule has 20 heavy (non-hydrogen) atoms. The predicted octanol–water partition coefficient (Wildman–Crippen LogP) is 2.83. The quantitative estimate of drug-likeness (QED) is 0.924. The van der Waals surface area contributed by atoms with Crippen LogP contribution < -0.4 is 5.32 Å². The van der Waals surface area contributed by atoms with Gasteiger partial charge in [0, 0.05) is 18.0 Å². The number of carbonyl (C=O) groups excluding carboxylic acids is 1. The van der Waals surface area contributed by atoms with Gasteiger partial charge in [-0.25, -0.2) is 0 Å². The number of hydrogen-bond acceptors (Lipinski definition) is 3. The van der Waals surface area contributed by atoms with E-state index < -0.39 is 0 Å². The SMILES string of the molecule is CCC(NC(=O)c1ccc(C#N)cc1)c1cccnc1. The van der Waals surface area contributed by atoms with Crippen LogP contribution in [-0.4, -0.2) is 10.9 Å². The molecule has 0 bridgehead atoms. The van der Waals surface area contributed by atoms with Gasteiger partial charge in [-0.2, -0.15) is 5.26 Å². The van der Waals surface area contributed by atoms with Gasteiger partial charge >= 0.3 is 0 Å². The Balaban J connectivity index is 2.11. The van der Waals surface area contributed by atoms with E-state index in [4.69, 9.17) is 5.26 Å². The van der Waals surface area contributed by atoms with Gasteiger partial charge < -0.3 is 5.32 Å². The Morgan fingerprint density at radius 2 is 2.10 bits per heavy atom. The largest absolute Gasteiger partial charge is 0.345 e. The summed E-state index contributed by atoms with van der Waals surface area (Å²) in [6.45, 7) is 2.01. The number of nitriles is 1. The minimum atomic E-state index is -0.148. The van der Waals surface area contributed by atoms with Crippen molar-refractivity contribution in [3.63, 3.8) is 0 Å². The summed E-state index contributed by atoms with van der Waals surface area (Å²) in [6.07, 6.45) is 4.25. The molecular weight excluding hydrogens is 250 g/mol. The van der Waals surface area contributed by atoms with Crippen molar-refractivity contribution in [3.8, 4) is 6.07 Å². The second-order valence-electron chi connectivity index (χ2n) is 4.41. The highest BCUT2D eigenvalue weighted by Crippen LogP contribution is 2.16. The van der Waals surface area contributed by atoms with Crippen molar-refractivity contribution in [2.24, 2.45) is 0 Å². The maximum atomic E-state index is 12.2. The lowest BCUT2D eigenvalue weighted by Gasteiger charge is -2.17. The number of nitrogens with one attached hydrogen (secondary N) is 1. The fourth-order valence-corrected chi connectivity index (χ4v) is 1.94. The van der Waals surface area contributed by atoms with Crippen LogP contribution in [0.2, 0.25) is 0 Å². The molecule has 0 saturated heterocycles. The van der Waals surface area contributed by atoms with E-state index in [1.165, 1.54) is 0 Å². The van der Waals surface area contributed by atoms with Crippen molar-refractivity contribution in [2.45, 2.75) is 19.4 Å². The number of aromatic nitrogens is 1. The van der Waals surface area contributed by atoms with Crippen LogP contribution in [0.3, 0.4) is 0 Å². The lowest BCUT2D eigenvalue weighted by Crippen LogP contribution is -2.28. The molecule has 1 heterocycles. The number of carbonyl (C=O) groups is 1. The smallest absolute Gasteiger partial charge is 0.251 e. The van der Waals surface area contributed by atoms with Gasteiger partial charge in [0.2, 0.25) is 0 Å². The minimum Gasteiger partial charge on any atom is -0.345 e. The van der Waals surface area contributed by atoms with Crippen LogP contribution in [0.4, 0.5) is 0 Å². The number of hydrogen-bond donors (Lipinski definition) is 1. The first-order valence-corrected chi connectivity index (χ1v) is 6.45. The highest BCUT2D eigenvalue weighted by Gasteiger charge is 2.14. The van der Waals surface area contributed by atoms with Gasteiger partial charge in [-0.3, -0.25) is 9.78 Å². The molecule has 1 amide bonds. The first-order valence-electron chi connectivity index (χ1n) is 6.45. The van der Waals surface area contributed by atoms with Gasteiger partial charge in [0.25, 0.3) is 5.91 Å². The summed E-state index contributed by atoms with van der Waals surface area (Å²) < 4.78 is 0. The Morgan fingerprint density at radius 1 is 1.35 bits per heavy atom. The highest BCUT2D eigenvalue weighted by molar-refractivity contribution is 5.94. The van der Waals surface area contributed by atoms with E-state index in [2.05, 4.69) is 10.3 Å². The van der Waals surface area contributed by atoms with E-state index in [-0.39, 0.29) is 11.9 Å². The van der Waals surface area contributed by atoms with Crippen LogP contribution in [0, 0.1) is 11.3 Å². The van der Waals surface area contributed by atoms with E-state index in [1.54, 1.807) is 36.7 Å². The van der Waals surface area contributed by atoms with E-state index >= 15 is 0 Å². The standard InChI is InChI=1S/C16H15N3O/c1-2-15(14-4-3-9-18-11-14)19-16(20)13-7-5-12(10-17)6-8-13/h3-9,11,15H,2H2,1H3,(H,19,20). The van der Waals surface area contributed by atoms with Crippen LogP contribution in [0.1, 0.15) is 40.9 Å². The third-order valence-corrected chi connectivity index (χ3v) is 3.08. The molecule has 0 aliphatic heterocycles. The second kappa shape index (κ2) is 6.48. The lowest BCUT2D eigenvalue weighted by molar-refractivity contribution is 0.0935. The van der Waals surface area contributed by atoms with Gasteiger partial charge in [-0.15, -0.1) is 0 Å². The molecule has 1 N–H and O–H groups in total. The number of benzene rings is 1. The summed E-state index contributed by atoms with van der Waals surface area (Å²) >= 11 is 0. The maximum Gasteiger partial charge on any atom is 0.251 e. The molecule has 0 radical (unpaired) electrons. The normalized spacial score (nSPS) is 11.4. The number of rotatable bonds is 4. The van der Waals surface area contributed by atoms with Crippen LogP contribution >= 0.6 is 0 Å².